The van der Waals surface area contributed by atoms with E-state index in [1.165, 1.54) is 6.21 Å². The number of rotatable bonds is 5. The normalized spacial score (nSPS) is 19.4. The summed E-state index contributed by atoms with van der Waals surface area (Å²) in [4.78, 5) is 20.8. The maximum absolute atomic E-state index is 12.4. The van der Waals surface area contributed by atoms with Crippen molar-refractivity contribution in [1.82, 2.24) is 15.0 Å². The molecule has 4 rings (SSSR count). The fourth-order valence-corrected chi connectivity index (χ4v) is 3.67. The number of aromatic nitrogens is 2. The van der Waals surface area contributed by atoms with E-state index in [2.05, 4.69) is 15.5 Å². The van der Waals surface area contributed by atoms with Crippen LogP contribution in [-0.4, -0.2) is 77.9 Å². The lowest BCUT2D eigenvalue weighted by Crippen LogP contribution is -2.55. The minimum absolute atomic E-state index is 0.0482. The number of carbonyl (C=O) groups excluding carboxylic acids is 1. The van der Waals surface area contributed by atoms with Crippen LogP contribution in [0, 0.1) is 5.41 Å². The van der Waals surface area contributed by atoms with Crippen LogP contribution in [0.15, 0.2) is 22.7 Å². The molecule has 1 amide bonds. The van der Waals surface area contributed by atoms with Gasteiger partial charge < -0.3 is 34.5 Å². The van der Waals surface area contributed by atoms with Crippen molar-refractivity contribution in [3.63, 3.8) is 0 Å². The van der Waals surface area contributed by atoms with Crippen LogP contribution in [0.4, 0.5) is 16.4 Å². The van der Waals surface area contributed by atoms with Crippen LogP contribution in [0.5, 0.6) is 0 Å². The van der Waals surface area contributed by atoms with Crippen molar-refractivity contribution in [2.75, 3.05) is 43.1 Å². The summed E-state index contributed by atoms with van der Waals surface area (Å²) in [6.07, 6.45) is 1.01. The van der Waals surface area contributed by atoms with Gasteiger partial charge in [0.05, 0.1) is 19.3 Å². The Kier molecular flexibility index (Phi) is 6.05. The SMILES string of the molecule is C[C@H]1CN(c2noc(-c3ccc(C=N)c(NC4COC4)c3)n2)CCN1C(=O)OC(C)(C)C. The van der Waals surface area contributed by atoms with Gasteiger partial charge in [0.1, 0.15) is 5.60 Å². The molecular weight excluding hydrogens is 412 g/mol. The Hall–Kier alpha value is -3.14. The lowest BCUT2D eigenvalue weighted by molar-refractivity contribution is 0.0158. The summed E-state index contributed by atoms with van der Waals surface area (Å²) in [5.74, 6) is 0.903. The van der Waals surface area contributed by atoms with Crippen molar-refractivity contribution >= 4 is 23.9 Å². The molecule has 1 aromatic carbocycles. The molecule has 172 valence electrons. The van der Waals surface area contributed by atoms with E-state index in [1.54, 1.807) is 4.90 Å². The summed E-state index contributed by atoms with van der Waals surface area (Å²) in [6, 6.07) is 5.83. The predicted octanol–water partition coefficient (Wildman–Crippen LogP) is 2.99. The molecule has 3 heterocycles. The molecule has 2 aromatic rings. The Morgan fingerprint density at radius 2 is 2.09 bits per heavy atom. The number of nitrogens with one attached hydrogen (secondary N) is 2. The molecular formula is C22H30N6O4. The first-order valence-corrected chi connectivity index (χ1v) is 10.8. The van der Waals surface area contributed by atoms with Crippen LogP contribution in [0.1, 0.15) is 33.3 Å². The molecule has 0 unspecified atom stereocenters. The minimum atomic E-state index is -0.525. The number of anilines is 2. The highest BCUT2D eigenvalue weighted by atomic mass is 16.6. The van der Waals surface area contributed by atoms with Crippen molar-refractivity contribution in [2.24, 2.45) is 0 Å². The molecule has 2 N–H and O–H groups in total. The highest BCUT2D eigenvalue weighted by molar-refractivity contribution is 5.87. The van der Waals surface area contributed by atoms with E-state index in [-0.39, 0.29) is 18.2 Å². The van der Waals surface area contributed by atoms with Crippen LogP contribution < -0.4 is 10.2 Å². The van der Waals surface area contributed by atoms with Gasteiger partial charge >= 0.3 is 6.09 Å². The predicted molar refractivity (Wildman–Crippen MR) is 120 cm³/mol. The number of ether oxygens (including phenoxy) is 2. The first kappa shape index (κ1) is 22.1. The maximum atomic E-state index is 12.4. The lowest BCUT2D eigenvalue weighted by Gasteiger charge is -2.39. The molecule has 0 saturated carbocycles. The van der Waals surface area contributed by atoms with Crippen molar-refractivity contribution < 1.29 is 18.8 Å². The lowest BCUT2D eigenvalue weighted by atomic mass is 10.1. The number of carbonyl (C=O) groups is 1. The van der Waals surface area contributed by atoms with Gasteiger partial charge in [-0.3, -0.25) is 0 Å². The third-order valence-corrected chi connectivity index (χ3v) is 5.41. The number of amides is 1. The first-order valence-electron chi connectivity index (χ1n) is 10.8. The quantitative estimate of drug-likeness (QED) is 0.679. The van der Waals surface area contributed by atoms with E-state index in [9.17, 15) is 4.79 Å². The maximum Gasteiger partial charge on any atom is 0.410 e. The summed E-state index contributed by atoms with van der Waals surface area (Å²) in [5, 5.41) is 15.2. The molecule has 0 aliphatic carbocycles. The van der Waals surface area contributed by atoms with Crippen molar-refractivity contribution in [1.29, 1.82) is 5.41 Å². The van der Waals surface area contributed by atoms with E-state index < -0.39 is 5.60 Å². The third kappa shape index (κ3) is 4.85. The molecule has 2 fully saturated rings. The van der Waals surface area contributed by atoms with Gasteiger partial charge in [0.25, 0.3) is 11.8 Å². The molecule has 1 aromatic heterocycles. The summed E-state index contributed by atoms with van der Waals surface area (Å²) in [6.45, 7) is 10.6. The smallest absolute Gasteiger partial charge is 0.410 e. The van der Waals surface area contributed by atoms with Gasteiger partial charge in [-0.25, -0.2) is 4.79 Å². The van der Waals surface area contributed by atoms with Crippen molar-refractivity contribution in [3.05, 3.63) is 23.8 Å². The largest absolute Gasteiger partial charge is 0.444 e. The zero-order valence-electron chi connectivity index (χ0n) is 18.9. The third-order valence-electron chi connectivity index (χ3n) is 5.41. The summed E-state index contributed by atoms with van der Waals surface area (Å²) < 4.78 is 16.3. The fourth-order valence-electron chi connectivity index (χ4n) is 3.67. The number of hydrogen-bond donors (Lipinski definition) is 2. The highest BCUT2D eigenvalue weighted by Gasteiger charge is 2.32. The molecule has 10 nitrogen and oxygen atoms in total. The molecule has 2 saturated heterocycles. The zero-order chi connectivity index (χ0) is 22.9. The van der Waals surface area contributed by atoms with E-state index in [4.69, 9.17) is 19.4 Å². The molecule has 0 bridgehead atoms. The fraction of sp³-hybridized carbons (Fsp3) is 0.545. The van der Waals surface area contributed by atoms with E-state index in [0.717, 1.165) is 16.8 Å². The van der Waals surface area contributed by atoms with Crippen molar-refractivity contribution in [2.45, 2.75) is 45.4 Å². The van der Waals surface area contributed by atoms with Crippen LogP contribution in [0.25, 0.3) is 11.5 Å². The van der Waals surface area contributed by atoms with Gasteiger partial charge in [-0.15, -0.1) is 0 Å². The monoisotopic (exact) mass is 442 g/mol. The summed E-state index contributed by atoms with van der Waals surface area (Å²) in [5.41, 5.74) is 1.87. The molecule has 1 atom stereocenters. The molecule has 2 aliphatic rings. The molecule has 10 heteroatoms. The number of hydrogen-bond acceptors (Lipinski definition) is 9. The van der Waals surface area contributed by atoms with Gasteiger partial charge in [0, 0.05) is 48.7 Å². The number of benzene rings is 1. The average Bonchev–Trinajstić information content (AvgIpc) is 3.19. The second-order valence-electron chi connectivity index (χ2n) is 9.19. The molecule has 2 aliphatic heterocycles. The van der Waals surface area contributed by atoms with E-state index in [1.807, 2.05) is 50.8 Å². The Morgan fingerprint density at radius 1 is 1.31 bits per heavy atom. The van der Waals surface area contributed by atoms with Gasteiger partial charge in [-0.1, -0.05) is 6.07 Å². The highest BCUT2D eigenvalue weighted by Crippen LogP contribution is 2.27. The topological polar surface area (TPSA) is 117 Å². The Morgan fingerprint density at radius 3 is 2.72 bits per heavy atom. The Bertz CT molecular complexity index is 981. The van der Waals surface area contributed by atoms with Crippen molar-refractivity contribution in [3.8, 4) is 11.5 Å². The average molecular weight is 443 g/mol. The summed E-state index contributed by atoms with van der Waals surface area (Å²) >= 11 is 0. The second-order valence-corrected chi connectivity index (χ2v) is 9.19. The van der Waals surface area contributed by atoms with Crippen LogP contribution in [0.2, 0.25) is 0 Å². The second kappa shape index (κ2) is 8.78. The number of nitrogens with zero attached hydrogens (tertiary/aromatic N) is 4. The first-order chi connectivity index (χ1) is 15.2. The van der Waals surface area contributed by atoms with Gasteiger partial charge in [-0.2, -0.15) is 4.98 Å². The Balaban J connectivity index is 1.45. The molecule has 0 spiro atoms. The van der Waals surface area contributed by atoms with Gasteiger partial charge in [0.2, 0.25) is 0 Å². The zero-order valence-corrected chi connectivity index (χ0v) is 18.9. The summed E-state index contributed by atoms with van der Waals surface area (Å²) in [7, 11) is 0. The minimum Gasteiger partial charge on any atom is -0.444 e. The van der Waals surface area contributed by atoms with Crippen LogP contribution in [0.3, 0.4) is 0 Å². The van der Waals surface area contributed by atoms with Gasteiger partial charge in [0.15, 0.2) is 0 Å². The van der Waals surface area contributed by atoms with Crippen LogP contribution in [-0.2, 0) is 9.47 Å². The standard InChI is InChI=1S/C22H30N6O4/c1-14-11-27(7-8-28(14)21(29)31-22(2,3)4)20-25-19(32-26-20)15-5-6-16(10-23)18(9-15)24-17-12-30-13-17/h5-6,9-10,14,17,23-24H,7-8,11-13H2,1-4H3/t14-/m0/s1. The van der Waals surface area contributed by atoms with E-state index >= 15 is 0 Å². The van der Waals surface area contributed by atoms with Crippen LogP contribution >= 0.6 is 0 Å². The molecule has 32 heavy (non-hydrogen) atoms. The molecule has 0 radical (unpaired) electrons. The number of piperazine rings is 1. The van der Waals surface area contributed by atoms with E-state index in [0.29, 0.717) is 44.7 Å². The Labute approximate surface area is 187 Å². The van der Waals surface area contributed by atoms with Gasteiger partial charge in [-0.05, 0) is 45.0 Å².